The molecule has 1 aromatic carbocycles. The second kappa shape index (κ2) is 5.45. The molecule has 0 saturated carbocycles. The SMILES string of the molecule is CC(C)(C)OC(=O)CNCc1cccc2cc[nH]c12. The van der Waals surface area contributed by atoms with Gasteiger partial charge < -0.3 is 15.0 Å². The third kappa shape index (κ3) is 3.83. The van der Waals surface area contributed by atoms with Crippen molar-refractivity contribution in [3.63, 3.8) is 0 Å². The molecule has 0 amide bonds. The monoisotopic (exact) mass is 260 g/mol. The summed E-state index contributed by atoms with van der Waals surface area (Å²) in [6.45, 7) is 6.45. The molecule has 102 valence electrons. The first-order valence-electron chi connectivity index (χ1n) is 6.43. The molecule has 19 heavy (non-hydrogen) atoms. The Kier molecular flexibility index (Phi) is 3.90. The Bertz CT molecular complexity index is 567. The number of rotatable bonds is 4. The van der Waals surface area contributed by atoms with E-state index in [0.29, 0.717) is 6.54 Å². The van der Waals surface area contributed by atoms with Crippen LogP contribution in [0.1, 0.15) is 26.3 Å². The highest BCUT2D eigenvalue weighted by Crippen LogP contribution is 2.16. The number of hydrogen-bond donors (Lipinski definition) is 2. The summed E-state index contributed by atoms with van der Waals surface area (Å²) < 4.78 is 5.24. The number of para-hydroxylation sites is 1. The van der Waals surface area contributed by atoms with Gasteiger partial charge in [-0.25, -0.2) is 0 Å². The van der Waals surface area contributed by atoms with Crippen molar-refractivity contribution in [2.24, 2.45) is 0 Å². The fourth-order valence-electron chi connectivity index (χ4n) is 1.97. The van der Waals surface area contributed by atoms with Crippen LogP contribution in [0.15, 0.2) is 30.5 Å². The molecule has 2 aromatic rings. The van der Waals surface area contributed by atoms with Gasteiger partial charge >= 0.3 is 5.97 Å². The number of nitrogens with one attached hydrogen (secondary N) is 2. The van der Waals surface area contributed by atoms with Gasteiger partial charge in [0.25, 0.3) is 0 Å². The Balaban J connectivity index is 1.89. The number of carbonyl (C=O) groups is 1. The van der Waals surface area contributed by atoms with E-state index in [0.717, 1.165) is 11.1 Å². The molecule has 0 aliphatic rings. The fourth-order valence-corrected chi connectivity index (χ4v) is 1.97. The molecule has 1 heterocycles. The first-order chi connectivity index (χ1) is 8.96. The van der Waals surface area contributed by atoms with E-state index in [1.165, 1.54) is 5.39 Å². The van der Waals surface area contributed by atoms with Crippen LogP contribution in [0.4, 0.5) is 0 Å². The smallest absolute Gasteiger partial charge is 0.320 e. The molecule has 0 aliphatic heterocycles. The average Bonchev–Trinajstić information content (AvgIpc) is 2.75. The third-order valence-electron chi connectivity index (χ3n) is 2.68. The van der Waals surface area contributed by atoms with E-state index in [-0.39, 0.29) is 12.5 Å². The number of ether oxygens (including phenoxy) is 1. The zero-order valence-electron chi connectivity index (χ0n) is 11.6. The average molecular weight is 260 g/mol. The van der Waals surface area contributed by atoms with Gasteiger partial charge in [-0.15, -0.1) is 0 Å². The maximum absolute atomic E-state index is 11.6. The minimum atomic E-state index is -0.432. The minimum absolute atomic E-state index is 0.217. The lowest BCUT2D eigenvalue weighted by molar-refractivity contribution is -0.153. The van der Waals surface area contributed by atoms with E-state index in [9.17, 15) is 4.79 Å². The van der Waals surface area contributed by atoms with Crippen LogP contribution in [0.5, 0.6) is 0 Å². The zero-order chi connectivity index (χ0) is 13.9. The summed E-state index contributed by atoms with van der Waals surface area (Å²) in [5.41, 5.74) is 1.82. The van der Waals surface area contributed by atoms with Crippen molar-refractivity contribution in [1.82, 2.24) is 10.3 Å². The van der Waals surface area contributed by atoms with Gasteiger partial charge in [0.1, 0.15) is 5.60 Å². The lowest BCUT2D eigenvalue weighted by Crippen LogP contribution is -2.31. The molecule has 0 radical (unpaired) electrons. The third-order valence-corrected chi connectivity index (χ3v) is 2.68. The molecule has 0 bridgehead atoms. The summed E-state index contributed by atoms with van der Waals surface area (Å²) in [6.07, 6.45) is 1.92. The van der Waals surface area contributed by atoms with Gasteiger partial charge in [0.15, 0.2) is 0 Å². The predicted octanol–water partition coefficient (Wildman–Crippen LogP) is 2.60. The summed E-state index contributed by atoms with van der Waals surface area (Å²) in [6, 6.07) is 8.15. The summed E-state index contributed by atoms with van der Waals surface area (Å²) in [4.78, 5) is 14.8. The summed E-state index contributed by atoms with van der Waals surface area (Å²) in [7, 11) is 0. The van der Waals surface area contributed by atoms with Crippen LogP contribution < -0.4 is 5.32 Å². The van der Waals surface area contributed by atoms with Gasteiger partial charge in [-0.2, -0.15) is 0 Å². The lowest BCUT2D eigenvalue weighted by Gasteiger charge is -2.19. The van der Waals surface area contributed by atoms with Gasteiger partial charge in [0, 0.05) is 18.3 Å². The second-order valence-electron chi connectivity index (χ2n) is 5.55. The second-order valence-corrected chi connectivity index (χ2v) is 5.55. The van der Waals surface area contributed by atoms with Gasteiger partial charge in [-0.3, -0.25) is 4.79 Å². The van der Waals surface area contributed by atoms with Crippen LogP contribution >= 0.6 is 0 Å². The summed E-state index contributed by atoms with van der Waals surface area (Å²) in [5.74, 6) is -0.230. The number of carbonyl (C=O) groups excluding carboxylic acids is 1. The molecule has 4 nitrogen and oxygen atoms in total. The van der Waals surface area contributed by atoms with Crippen LogP contribution in [-0.4, -0.2) is 23.1 Å². The van der Waals surface area contributed by atoms with Crippen molar-refractivity contribution < 1.29 is 9.53 Å². The number of H-pyrrole nitrogens is 1. The van der Waals surface area contributed by atoms with E-state index in [1.807, 2.05) is 45.2 Å². The van der Waals surface area contributed by atoms with Crippen LogP contribution in [0.25, 0.3) is 10.9 Å². The van der Waals surface area contributed by atoms with Crippen molar-refractivity contribution in [2.75, 3.05) is 6.54 Å². The molecule has 0 unspecified atom stereocenters. The van der Waals surface area contributed by atoms with E-state index in [4.69, 9.17) is 4.74 Å². The molecule has 0 fully saturated rings. The first kappa shape index (κ1) is 13.6. The fraction of sp³-hybridized carbons (Fsp3) is 0.400. The van der Waals surface area contributed by atoms with E-state index in [2.05, 4.69) is 16.4 Å². The molecular weight excluding hydrogens is 240 g/mol. The molecule has 1 aromatic heterocycles. The Labute approximate surface area is 113 Å². The number of benzene rings is 1. The first-order valence-corrected chi connectivity index (χ1v) is 6.43. The number of fused-ring (bicyclic) bond motifs is 1. The molecule has 2 N–H and O–H groups in total. The normalized spacial score (nSPS) is 11.7. The molecule has 0 spiro atoms. The van der Waals surface area contributed by atoms with Crippen LogP contribution in [0, 0.1) is 0 Å². The Morgan fingerprint density at radius 2 is 2.11 bits per heavy atom. The maximum atomic E-state index is 11.6. The van der Waals surface area contributed by atoms with Crippen molar-refractivity contribution >= 4 is 16.9 Å². The van der Waals surface area contributed by atoms with E-state index >= 15 is 0 Å². The molecule has 2 rings (SSSR count). The predicted molar refractivity (Wildman–Crippen MR) is 75.9 cm³/mol. The van der Waals surface area contributed by atoms with Gasteiger partial charge in [-0.05, 0) is 37.8 Å². The van der Waals surface area contributed by atoms with Crippen molar-refractivity contribution in [2.45, 2.75) is 32.9 Å². The maximum Gasteiger partial charge on any atom is 0.320 e. The van der Waals surface area contributed by atoms with Crippen molar-refractivity contribution in [3.8, 4) is 0 Å². The highest BCUT2D eigenvalue weighted by molar-refractivity contribution is 5.82. The van der Waals surface area contributed by atoms with Gasteiger partial charge in [0.2, 0.25) is 0 Å². The zero-order valence-corrected chi connectivity index (χ0v) is 11.6. The number of hydrogen-bond acceptors (Lipinski definition) is 3. The van der Waals surface area contributed by atoms with E-state index in [1.54, 1.807) is 0 Å². The standard InChI is InChI=1S/C15H20N2O2/c1-15(2,3)19-13(18)10-16-9-12-6-4-5-11-7-8-17-14(11)12/h4-8,16-17H,9-10H2,1-3H3. The van der Waals surface area contributed by atoms with Crippen LogP contribution in [0.3, 0.4) is 0 Å². The van der Waals surface area contributed by atoms with Crippen molar-refractivity contribution in [1.29, 1.82) is 0 Å². The highest BCUT2D eigenvalue weighted by Gasteiger charge is 2.15. The topological polar surface area (TPSA) is 54.1 Å². The number of esters is 1. The van der Waals surface area contributed by atoms with Crippen LogP contribution in [0.2, 0.25) is 0 Å². The molecule has 0 aliphatic carbocycles. The Hall–Kier alpha value is -1.81. The lowest BCUT2D eigenvalue weighted by atomic mass is 10.1. The quantitative estimate of drug-likeness (QED) is 0.831. The largest absolute Gasteiger partial charge is 0.459 e. The van der Waals surface area contributed by atoms with E-state index < -0.39 is 5.60 Å². The summed E-state index contributed by atoms with van der Waals surface area (Å²) >= 11 is 0. The molecule has 0 saturated heterocycles. The van der Waals surface area contributed by atoms with Crippen LogP contribution in [-0.2, 0) is 16.1 Å². The molecule has 4 heteroatoms. The van der Waals surface area contributed by atoms with Gasteiger partial charge in [0.05, 0.1) is 6.54 Å². The summed E-state index contributed by atoms with van der Waals surface area (Å²) in [5, 5.41) is 4.29. The number of aromatic amines is 1. The minimum Gasteiger partial charge on any atom is -0.459 e. The Morgan fingerprint density at radius 1 is 1.32 bits per heavy atom. The molecular formula is C15H20N2O2. The highest BCUT2D eigenvalue weighted by atomic mass is 16.6. The number of aromatic nitrogens is 1. The Morgan fingerprint density at radius 3 is 2.84 bits per heavy atom. The van der Waals surface area contributed by atoms with Gasteiger partial charge in [-0.1, -0.05) is 18.2 Å². The van der Waals surface area contributed by atoms with Crippen molar-refractivity contribution in [3.05, 3.63) is 36.0 Å². The molecule has 0 atom stereocenters.